The summed E-state index contributed by atoms with van der Waals surface area (Å²) >= 11 is 0. The van der Waals surface area contributed by atoms with Crippen molar-refractivity contribution in [1.82, 2.24) is 14.8 Å². The number of aromatic nitrogens is 3. The zero-order valence-corrected chi connectivity index (χ0v) is 10.8. The largest absolute Gasteiger partial charge is 0.477 e. The van der Waals surface area contributed by atoms with Crippen LogP contribution in [-0.2, 0) is 6.61 Å². The van der Waals surface area contributed by atoms with Crippen molar-refractivity contribution in [3.8, 4) is 5.88 Å². The maximum atomic E-state index is 11.1. The van der Waals surface area contributed by atoms with E-state index in [9.17, 15) is 4.79 Å². The molecule has 6 heteroatoms. The van der Waals surface area contributed by atoms with Gasteiger partial charge in [0.15, 0.2) is 0 Å². The van der Waals surface area contributed by atoms with E-state index >= 15 is 0 Å². The second-order valence-corrected chi connectivity index (χ2v) is 4.36. The highest BCUT2D eigenvalue weighted by Crippen LogP contribution is 2.23. The Labute approximate surface area is 110 Å². The minimum atomic E-state index is -1.05. The van der Waals surface area contributed by atoms with Crippen LogP contribution in [0.1, 0.15) is 35.8 Å². The van der Waals surface area contributed by atoms with E-state index < -0.39 is 5.97 Å². The summed E-state index contributed by atoms with van der Waals surface area (Å²) in [5, 5.41) is 13.2. The highest BCUT2D eigenvalue weighted by Gasteiger charge is 2.19. The number of pyridine rings is 1. The molecule has 2 rings (SSSR count). The van der Waals surface area contributed by atoms with Crippen LogP contribution in [0.15, 0.2) is 30.7 Å². The standard InChI is InChI=1S/C13H15N3O3/c1-9(2)16-12(11(7-15-16)13(17)18)19-8-10-4-3-5-14-6-10/h3-7,9H,8H2,1-2H3,(H,17,18). The Balaban J connectivity index is 2.23. The lowest BCUT2D eigenvalue weighted by Crippen LogP contribution is -2.09. The molecule has 0 aromatic carbocycles. The number of aromatic carboxylic acids is 1. The third-order valence-corrected chi connectivity index (χ3v) is 2.57. The zero-order valence-electron chi connectivity index (χ0n) is 10.8. The van der Waals surface area contributed by atoms with Crippen molar-refractivity contribution < 1.29 is 14.6 Å². The molecule has 6 nitrogen and oxygen atoms in total. The summed E-state index contributed by atoms with van der Waals surface area (Å²) in [6, 6.07) is 3.69. The van der Waals surface area contributed by atoms with E-state index in [1.54, 1.807) is 23.1 Å². The first kappa shape index (κ1) is 13.1. The van der Waals surface area contributed by atoms with Crippen LogP contribution in [0.5, 0.6) is 5.88 Å². The summed E-state index contributed by atoms with van der Waals surface area (Å²) in [6.07, 6.45) is 4.65. The average Bonchev–Trinajstić information content (AvgIpc) is 2.81. The second kappa shape index (κ2) is 5.51. The molecule has 19 heavy (non-hydrogen) atoms. The molecule has 0 fully saturated rings. The molecule has 0 aliphatic rings. The Hall–Kier alpha value is -2.37. The topological polar surface area (TPSA) is 77.2 Å². The van der Waals surface area contributed by atoms with Gasteiger partial charge in [0, 0.05) is 18.0 Å². The summed E-state index contributed by atoms with van der Waals surface area (Å²) in [5.74, 6) is -0.778. The van der Waals surface area contributed by atoms with Gasteiger partial charge in [-0.15, -0.1) is 0 Å². The van der Waals surface area contributed by atoms with Gasteiger partial charge in [0.2, 0.25) is 5.88 Å². The molecule has 0 amide bonds. The quantitative estimate of drug-likeness (QED) is 0.892. The maximum absolute atomic E-state index is 11.1. The van der Waals surface area contributed by atoms with Gasteiger partial charge in [-0.1, -0.05) is 6.07 Å². The SMILES string of the molecule is CC(C)n1ncc(C(=O)O)c1OCc1cccnc1. The average molecular weight is 261 g/mol. The van der Waals surface area contributed by atoms with Crippen LogP contribution in [0.2, 0.25) is 0 Å². The van der Waals surface area contributed by atoms with Crippen LogP contribution in [-0.4, -0.2) is 25.8 Å². The minimum Gasteiger partial charge on any atom is -0.477 e. The van der Waals surface area contributed by atoms with E-state index in [1.165, 1.54) is 6.20 Å². The Morgan fingerprint density at radius 2 is 2.26 bits per heavy atom. The maximum Gasteiger partial charge on any atom is 0.342 e. The first-order chi connectivity index (χ1) is 9.09. The van der Waals surface area contributed by atoms with Gasteiger partial charge in [-0.25, -0.2) is 9.48 Å². The number of nitrogens with zero attached hydrogens (tertiary/aromatic N) is 3. The number of carbonyl (C=O) groups is 1. The highest BCUT2D eigenvalue weighted by molar-refractivity contribution is 5.90. The molecule has 2 aromatic heterocycles. The first-order valence-corrected chi connectivity index (χ1v) is 5.92. The molecule has 0 atom stereocenters. The van der Waals surface area contributed by atoms with Crippen LogP contribution in [0, 0.1) is 0 Å². The van der Waals surface area contributed by atoms with Crippen molar-refractivity contribution in [3.63, 3.8) is 0 Å². The van der Waals surface area contributed by atoms with Crippen LogP contribution >= 0.6 is 0 Å². The zero-order chi connectivity index (χ0) is 13.8. The molecular formula is C13H15N3O3. The van der Waals surface area contributed by atoms with E-state index in [2.05, 4.69) is 10.1 Å². The summed E-state index contributed by atoms with van der Waals surface area (Å²) in [4.78, 5) is 15.1. The summed E-state index contributed by atoms with van der Waals surface area (Å²) in [7, 11) is 0. The van der Waals surface area contributed by atoms with Crippen molar-refractivity contribution >= 4 is 5.97 Å². The highest BCUT2D eigenvalue weighted by atomic mass is 16.5. The molecule has 2 heterocycles. The third-order valence-electron chi connectivity index (χ3n) is 2.57. The van der Waals surface area contributed by atoms with Gasteiger partial charge in [-0.2, -0.15) is 5.10 Å². The molecule has 0 bridgehead atoms. The van der Waals surface area contributed by atoms with Crippen LogP contribution < -0.4 is 4.74 Å². The molecule has 1 N–H and O–H groups in total. The number of carboxylic acid groups (broad SMARTS) is 1. The number of hydrogen-bond acceptors (Lipinski definition) is 4. The van der Waals surface area contributed by atoms with Crippen molar-refractivity contribution in [3.05, 3.63) is 41.9 Å². The van der Waals surface area contributed by atoms with Crippen molar-refractivity contribution in [2.75, 3.05) is 0 Å². The van der Waals surface area contributed by atoms with Gasteiger partial charge in [0.05, 0.1) is 12.2 Å². The molecule has 0 spiro atoms. The Bertz CT molecular complexity index is 564. The van der Waals surface area contributed by atoms with E-state index in [1.807, 2.05) is 19.9 Å². The molecular weight excluding hydrogens is 246 g/mol. The smallest absolute Gasteiger partial charge is 0.342 e. The van der Waals surface area contributed by atoms with Gasteiger partial charge in [0.1, 0.15) is 12.2 Å². The van der Waals surface area contributed by atoms with Crippen LogP contribution in [0.25, 0.3) is 0 Å². The third kappa shape index (κ3) is 2.90. The first-order valence-electron chi connectivity index (χ1n) is 5.92. The summed E-state index contributed by atoms with van der Waals surface area (Å²) in [6.45, 7) is 4.08. The lowest BCUT2D eigenvalue weighted by atomic mass is 10.3. The fourth-order valence-electron chi connectivity index (χ4n) is 1.64. The van der Waals surface area contributed by atoms with Crippen LogP contribution in [0.4, 0.5) is 0 Å². The molecule has 0 unspecified atom stereocenters. The van der Waals surface area contributed by atoms with E-state index in [-0.39, 0.29) is 24.1 Å². The Morgan fingerprint density at radius 3 is 2.84 bits per heavy atom. The molecule has 100 valence electrons. The number of ether oxygens (including phenoxy) is 1. The molecule has 0 aliphatic heterocycles. The van der Waals surface area contributed by atoms with Gasteiger partial charge in [-0.05, 0) is 19.9 Å². The van der Waals surface area contributed by atoms with Gasteiger partial charge < -0.3 is 9.84 Å². The fraction of sp³-hybridized carbons (Fsp3) is 0.308. The number of rotatable bonds is 5. The Kier molecular flexibility index (Phi) is 3.79. The molecule has 0 radical (unpaired) electrons. The van der Waals surface area contributed by atoms with Crippen molar-refractivity contribution in [1.29, 1.82) is 0 Å². The van der Waals surface area contributed by atoms with Crippen molar-refractivity contribution in [2.24, 2.45) is 0 Å². The number of carboxylic acids is 1. The van der Waals surface area contributed by atoms with Crippen LogP contribution in [0.3, 0.4) is 0 Å². The minimum absolute atomic E-state index is 0.0250. The lowest BCUT2D eigenvalue weighted by molar-refractivity contribution is 0.0691. The van der Waals surface area contributed by atoms with E-state index in [0.717, 1.165) is 5.56 Å². The Morgan fingerprint density at radius 1 is 1.47 bits per heavy atom. The molecule has 0 saturated heterocycles. The predicted octanol–water partition coefficient (Wildman–Crippen LogP) is 2.14. The van der Waals surface area contributed by atoms with E-state index in [0.29, 0.717) is 0 Å². The summed E-state index contributed by atoms with van der Waals surface area (Å²) < 4.78 is 7.15. The molecule has 0 aliphatic carbocycles. The normalized spacial score (nSPS) is 10.7. The van der Waals surface area contributed by atoms with Gasteiger partial charge in [0.25, 0.3) is 0 Å². The van der Waals surface area contributed by atoms with Gasteiger partial charge >= 0.3 is 5.97 Å². The predicted molar refractivity (Wildman–Crippen MR) is 68.1 cm³/mol. The fourth-order valence-corrected chi connectivity index (χ4v) is 1.64. The monoisotopic (exact) mass is 261 g/mol. The number of hydrogen-bond donors (Lipinski definition) is 1. The van der Waals surface area contributed by atoms with Gasteiger partial charge in [-0.3, -0.25) is 4.98 Å². The second-order valence-electron chi connectivity index (χ2n) is 4.36. The molecule has 0 saturated carbocycles. The van der Waals surface area contributed by atoms with Crippen molar-refractivity contribution in [2.45, 2.75) is 26.5 Å². The lowest BCUT2D eigenvalue weighted by Gasteiger charge is -2.12. The molecule has 2 aromatic rings. The summed E-state index contributed by atoms with van der Waals surface area (Å²) in [5.41, 5.74) is 0.938. The van der Waals surface area contributed by atoms with E-state index in [4.69, 9.17) is 9.84 Å².